The van der Waals surface area contributed by atoms with E-state index in [1.807, 2.05) is 0 Å². The number of nitrogens with zero attached hydrogens (tertiary/aromatic N) is 1. The molecule has 2 aromatic carbocycles. The second kappa shape index (κ2) is 6.98. The predicted octanol–water partition coefficient (Wildman–Crippen LogP) is 5.49. The maximum absolute atomic E-state index is 13.2. The fourth-order valence-electron chi connectivity index (χ4n) is 2.57. The lowest BCUT2D eigenvalue weighted by atomic mass is 9.98. The highest BCUT2D eigenvalue weighted by molar-refractivity contribution is 7.90. The van der Waals surface area contributed by atoms with Crippen LogP contribution in [0.15, 0.2) is 65.7 Å². The van der Waals surface area contributed by atoms with Crippen LogP contribution in [0.3, 0.4) is 0 Å². The van der Waals surface area contributed by atoms with Crippen LogP contribution in [-0.4, -0.2) is 19.7 Å². The molecule has 3 nitrogen and oxygen atoms in total. The zero-order valence-corrected chi connectivity index (χ0v) is 15.5. The van der Waals surface area contributed by atoms with E-state index in [4.69, 9.17) is 11.6 Å². The van der Waals surface area contributed by atoms with E-state index in [0.29, 0.717) is 21.8 Å². The van der Waals surface area contributed by atoms with E-state index in [1.165, 1.54) is 18.2 Å². The molecule has 27 heavy (non-hydrogen) atoms. The van der Waals surface area contributed by atoms with Gasteiger partial charge in [0.15, 0.2) is 9.84 Å². The van der Waals surface area contributed by atoms with Crippen molar-refractivity contribution in [2.75, 3.05) is 6.26 Å². The molecule has 0 aliphatic carbocycles. The van der Waals surface area contributed by atoms with Gasteiger partial charge in [0.1, 0.15) is 0 Å². The van der Waals surface area contributed by atoms with Crippen molar-refractivity contribution in [2.24, 2.45) is 0 Å². The van der Waals surface area contributed by atoms with Gasteiger partial charge in [-0.05, 0) is 35.9 Å². The number of benzene rings is 2. The highest BCUT2D eigenvalue weighted by Gasteiger charge is 2.32. The summed E-state index contributed by atoms with van der Waals surface area (Å²) in [6, 6.07) is 13.2. The van der Waals surface area contributed by atoms with E-state index in [9.17, 15) is 21.6 Å². The molecule has 1 heterocycles. The molecule has 8 heteroatoms. The summed E-state index contributed by atoms with van der Waals surface area (Å²) < 4.78 is 63.2. The summed E-state index contributed by atoms with van der Waals surface area (Å²) >= 11 is 5.88. The molecule has 0 amide bonds. The topological polar surface area (TPSA) is 47.0 Å². The summed E-state index contributed by atoms with van der Waals surface area (Å²) in [5, 5.41) is 0.478. The van der Waals surface area contributed by atoms with Crippen molar-refractivity contribution in [3.05, 3.63) is 71.4 Å². The molecule has 0 bridgehead atoms. The van der Waals surface area contributed by atoms with Crippen molar-refractivity contribution >= 4 is 21.4 Å². The number of sulfone groups is 1. The van der Waals surface area contributed by atoms with Crippen LogP contribution in [0.5, 0.6) is 0 Å². The van der Waals surface area contributed by atoms with Gasteiger partial charge in [0.05, 0.1) is 16.2 Å². The Bertz CT molecular complexity index is 1090. The van der Waals surface area contributed by atoms with E-state index in [0.717, 1.165) is 18.5 Å². The summed E-state index contributed by atoms with van der Waals surface area (Å²) in [4.78, 5) is 4.01. The lowest BCUT2D eigenvalue weighted by Crippen LogP contribution is -2.06. The van der Waals surface area contributed by atoms with Gasteiger partial charge in [0.2, 0.25) is 0 Å². The van der Waals surface area contributed by atoms with Gasteiger partial charge in [0.25, 0.3) is 0 Å². The fraction of sp³-hybridized carbons (Fsp3) is 0.105. The molecule has 0 radical (unpaired) electrons. The maximum atomic E-state index is 13.2. The Morgan fingerprint density at radius 3 is 2.22 bits per heavy atom. The molecule has 0 aliphatic rings. The number of halogens is 4. The van der Waals surface area contributed by atoms with Crippen LogP contribution in [0.25, 0.3) is 22.4 Å². The SMILES string of the molecule is CS(=O)(=O)c1cccc(-c2cc(C(F)(F)F)cnc2-c2ccc(Cl)cc2)c1. The third-order valence-corrected chi connectivity index (χ3v) is 5.27. The summed E-state index contributed by atoms with van der Waals surface area (Å²) in [5.41, 5.74) is 0.442. The average molecular weight is 412 g/mol. The van der Waals surface area contributed by atoms with Gasteiger partial charge in [0, 0.05) is 28.6 Å². The van der Waals surface area contributed by atoms with Gasteiger partial charge in [-0.3, -0.25) is 4.98 Å². The molecule has 0 atom stereocenters. The van der Waals surface area contributed by atoms with Gasteiger partial charge < -0.3 is 0 Å². The maximum Gasteiger partial charge on any atom is 0.417 e. The number of hydrogen-bond acceptors (Lipinski definition) is 3. The van der Waals surface area contributed by atoms with Gasteiger partial charge >= 0.3 is 6.18 Å². The molecule has 140 valence electrons. The number of hydrogen-bond donors (Lipinski definition) is 0. The molecule has 0 unspecified atom stereocenters. The highest BCUT2D eigenvalue weighted by Crippen LogP contribution is 2.37. The lowest BCUT2D eigenvalue weighted by molar-refractivity contribution is -0.137. The quantitative estimate of drug-likeness (QED) is 0.572. The standard InChI is InChI=1S/C19H13ClF3NO2S/c1-27(25,26)16-4-2-3-13(9-16)17-10-14(19(21,22)23)11-24-18(17)12-5-7-15(20)8-6-12/h2-11H,1H3. The van der Waals surface area contributed by atoms with E-state index in [1.54, 1.807) is 30.3 Å². The summed E-state index contributed by atoms with van der Waals surface area (Å²) in [5.74, 6) is 0. The Labute approximate surface area is 159 Å². The van der Waals surface area contributed by atoms with E-state index in [2.05, 4.69) is 4.98 Å². The van der Waals surface area contributed by atoms with Crippen molar-refractivity contribution in [1.29, 1.82) is 0 Å². The molecule has 0 fully saturated rings. The highest BCUT2D eigenvalue weighted by atomic mass is 35.5. The largest absolute Gasteiger partial charge is 0.417 e. The first-order chi connectivity index (χ1) is 12.6. The van der Waals surface area contributed by atoms with Crippen molar-refractivity contribution in [3.63, 3.8) is 0 Å². The molecular formula is C19H13ClF3NO2S. The number of pyridine rings is 1. The summed E-state index contributed by atoms with van der Waals surface area (Å²) in [6.07, 6.45) is -2.78. The van der Waals surface area contributed by atoms with Crippen LogP contribution >= 0.6 is 11.6 Å². The zero-order chi connectivity index (χ0) is 19.8. The Balaban J connectivity index is 2.27. The predicted molar refractivity (Wildman–Crippen MR) is 98.2 cm³/mol. The minimum atomic E-state index is -4.57. The minimum absolute atomic E-state index is 0.0134. The average Bonchev–Trinajstić information content (AvgIpc) is 2.60. The fourth-order valence-corrected chi connectivity index (χ4v) is 3.36. The van der Waals surface area contributed by atoms with Crippen molar-refractivity contribution in [1.82, 2.24) is 4.98 Å². The molecule has 0 spiro atoms. The molecular weight excluding hydrogens is 399 g/mol. The summed E-state index contributed by atoms with van der Waals surface area (Å²) in [6.45, 7) is 0. The van der Waals surface area contributed by atoms with Crippen LogP contribution in [0.1, 0.15) is 5.56 Å². The first-order valence-electron chi connectivity index (χ1n) is 7.69. The number of alkyl halides is 3. The van der Waals surface area contributed by atoms with Crippen LogP contribution < -0.4 is 0 Å². The van der Waals surface area contributed by atoms with Crippen LogP contribution in [0, 0.1) is 0 Å². The van der Waals surface area contributed by atoms with E-state index in [-0.39, 0.29) is 10.5 Å². The third-order valence-electron chi connectivity index (χ3n) is 3.91. The van der Waals surface area contributed by atoms with Gasteiger partial charge in [-0.2, -0.15) is 13.2 Å². The monoisotopic (exact) mass is 411 g/mol. The molecule has 0 aliphatic heterocycles. The lowest BCUT2D eigenvalue weighted by Gasteiger charge is -2.14. The normalized spacial score (nSPS) is 12.2. The second-order valence-electron chi connectivity index (χ2n) is 5.92. The Morgan fingerprint density at radius 1 is 0.963 bits per heavy atom. The van der Waals surface area contributed by atoms with E-state index >= 15 is 0 Å². The van der Waals surface area contributed by atoms with Crippen molar-refractivity contribution in [2.45, 2.75) is 11.1 Å². The number of aromatic nitrogens is 1. The second-order valence-corrected chi connectivity index (χ2v) is 8.38. The molecule has 1 aromatic heterocycles. The molecule has 0 saturated carbocycles. The van der Waals surface area contributed by atoms with Crippen LogP contribution in [0.4, 0.5) is 13.2 Å². The smallest absolute Gasteiger partial charge is 0.255 e. The van der Waals surface area contributed by atoms with Gasteiger partial charge in [-0.1, -0.05) is 35.9 Å². The van der Waals surface area contributed by atoms with Gasteiger partial charge in [-0.25, -0.2) is 8.42 Å². The Morgan fingerprint density at radius 2 is 1.63 bits per heavy atom. The number of rotatable bonds is 3. The molecule has 0 N–H and O–H groups in total. The van der Waals surface area contributed by atoms with Crippen LogP contribution in [0.2, 0.25) is 5.02 Å². The van der Waals surface area contributed by atoms with Crippen molar-refractivity contribution in [3.8, 4) is 22.4 Å². The molecule has 0 saturated heterocycles. The minimum Gasteiger partial charge on any atom is -0.255 e. The van der Waals surface area contributed by atoms with Crippen LogP contribution in [-0.2, 0) is 16.0 Å². The van der Waals surface area contributed by atoms with Gasteiger partial charge in [-0.15, -0.1) is 0 Å². The summed E-state index contributed by atoms with van der Waals surface area (Å²) in [7, 11) is -3.52. The Kier molecular flexibility index (Phi) is 5.01. The van der Waals surface area contributed by atoms with E-state index < -0.39 is 21.6 Å². The molecule has 3 rings (SSSR count). The zero-order valence-electron chi connectivity index (χ0n) is 14.0. The third kappa shape index (κ3) is 4.31. The Hall–Kier alpha value is -2.38. The molecule has 3 aromatic rings. The first-order valence-corrected chi connectivity index (χ1v) is 9.96. The van der Waals surface area contributed by atoms with Crippen molar-refractivity contribution < 1.29 is 21.6 Å². The first kappa shape index (κ1) is 19.4.